The molecule has 1 fully saturated rings. The maximum absolute atomic E-state index is 12.7. The fraction of sp³-hybridized carbons (Fsp3) is 0.375. The summed E-state index contributed by atoms with van der Waals surface area (Å²) < 4.78 is 0. The van der Waals surface area contributed by atoms with E-state index < -0.39 is 6.10 Å². The molecule has 2 N–H and O–H groups in total. The van der Waals surface area contributed by atoms with Crippen LogP contribution < -0.4 is 5.32 Å². The summed E-state index contributed by atoms with van der Waals surface area (Å²) in [5, 5.41) is 16.0. The van der Waals surface area contributed by atoms with Gasteiger partial charge in [-0.05, 0) is 25.0 Å². The number of likely N-dealkylation sites (tertiary alicyclic amines) is 1. The minimum absolute atomic E-state index is 0.0269. The summed E-state index contributed by atoms with van der Waals surface area (Å²) in [7, 11) is 0. The number of carbonyl (C=O) groups is 1. The van der Waals surface area contributed by atoms with E-state index in [2.05, 4.69) is 10.3 Å². The molecule has 1 atom stereocenters. The molecule has 0 bridgehead atoms. The molecule has 116 valence electrons. The Hall–Kier alpha value is -1.92. The van der Waals surface area contributed by atoms with Crippen LogP contribution in [-0.2, 0) is 6.54 Å². The fourth-order valence-corrected chi connectivity index (χ4v) is 3.20. The highest BCUT2D eigenvalue weighted by molar-refractivity contribution is 7.09. The summed E-state index contributed by atoms with van der Waals surface area (Å²) >= 11 is 1.58. The van der Waals surface area contributed by atoms with Crippen LogP contribution in [0.4, 0.5) is 5.69 Å². The molecule has 2 aromatic rings. The first-order valence-corrected chi connectivity index (χ1v) is 8.30. The van der Waals surface area contributed by atoms with Crippen molar-refractivity contribution in [3.8, 4) is 0 Å². The highest BCUT2D eigenvalue weighted by Crippen LogP contribution is 2.21. The Kier molecular flexibility index (Phi) is 4.70. The van der Waals surface area contributed by atoms with E-state index in [-0.39, 0.29) is 5.91 Å². The molecule has 22 heavy (non-hydrogen) atoms. The molecule has 0 saturated carbocycles. The van der Waals surface area contributed by atoms with Crippen molar-refractivity contribution in [2.45, 2.75) is 25.5 Å². The number of β-amino-alcohol motifs (C(OH)–C–C–N with tert-alkyl or cyclic N) is 1. The van der Waals surface area contributed by atoms with Gasteiger partial charge in [-0.2, -0.15) is 0 Å². The third-order valence-corrected chi connectivity index (χ3v) is 4.53. The average molecular weight is 317 g/mol. The van der Waals surface area contributed by atoms with Crippen molar-refractivity contribution in [2.75, 3.05) is 18.4 Å². The minimum atomic E-state index is -0.409. The lowest BCUT2D eigenvalue weighted by molar-refractivity contribution is 0.0474. The maximum Gasteiger partial charge on any atom is 0.256 e. The molecule has 0 aliphatic carbocycles. The van der Waals surface area contributed by atoms with Gasteiger partial charge in [-0.15, -0.1) is 11.3 Å². The zero-order valence-electron chi connectivity index (χ0n) is 12.2. The molecule has 1 amide bonds. The topological polar surface area (TPSA) is 65.5 Å². The monoisotopic (exact) mass is 317 g/mol. The van der Waals surface area contributed by atoms with Gasteiger partial charge in [0.15, 0.2) is 0 Å². The van der Waals surface area contributed by atoms with Crippen LogP contribution in [0.2, 0.25) is 0 Å². The molecule has 1 unspecified atom stereocenters. The average Bonchev–Trinajstić information content (AvgIpc) is 3.06. The lowest BCUT2D eigenvalue weighted by Crippen LogP contribution is -2.42. The summed E-state index contributed by atoms with van der Waals surface area (Å²) in [6, 6.07) is 7.50. The van der Waals surface area contributed by atoms with Gasteiger partial charge in [0.1, 0.15) is 5.01 Å². The Balaban J connectivity index is 1.73. The SMILES string of the molecule is O=C(c1ccccc1NCc1nccs1)N1CCCC(O)C1. The van der Waals surface area contributed by atoms with Crippen molar-refractivity contribution in [2.24, 2.45) is 0 Å². The molecule has 1 aliphatic rings. The van der Waals surface area contributed by atoms with Crippen LogP contribution in [0.3, 0.4) is 0 Å². The lowest BCUT2D eigenvalue weighted by atomic mass is 10.1. The second kappa shape index (κ2) is 6.89. The van der Waals surface area contributed by atoms with E-state index >= 15 is 0 Å². The number of nitrogens with zero attached hydrogens (tertiary/aromatic N) is 2. The summed E-state index contributed by atoms with van der Waals surface area (Å²) in [6.07, 6.45) is 2.98. The Morgan fingerprint density at radius 2 is 2.32 bits per heavy atom. The van der Waals surface area contributed by atoms with Gasteiger partial charge in [-0.1, -0.05) is 12.1 Å². The molecule has 3 rings (SSSR count). The van der Waals surface area contributed by atoms with Crippen molar-refractivity contribution < 1.29 is 9.90 Å². The molecule has 0 radical (unpaired) electrons. The molecular weight excluding hydrogens is 298 g/mol. The molecule has 2 heterocycles. The summed E-state index contributed by atoms with van der Waals surface area (Å²) in [4.78, 5) is 18.7. The summed E-state index contributed by atoms with van der Waals surface area (Å²) in [5.41, 5.74) is 1.45. The number of aliphatic hydroxyl groups excluding tert-OH is 1. The number of thiazole rings is 1. The number of anilines is 1. The number of hydrogen-bond acceptors (Lipinski definition) is 5. The molecule has 5 nitrogen and oxygen atoms in total. The van der Waals surface area contributed by atoms with E-state index in [1.165, 1.54) is 0 Å². The van der Waals surface area contributed by atoms with Crippen LogP contribution in [0.15, 0.2) is 35.8 Å². The number of piperidine rings is 1. The number of amides is 1. The highest BCUT2D eigenvalue weighted by atomic mass is 32.1. The van der Waals surface area contributed by atoms with Gasteiger partial charge in [0, 0.05) is 30.4 Å². The Labute approximate surface area is 133 Å². The van der Waals surface area contributed by atoms with Crippen LogP contribution in [0.5, 0.6) is 0 Å². The number of carbonyl (C=O) groups excluding carboxylic acids is 1. The van der Waals surface area contributed by atoms with E-state index in [1.54, 1.807) is 22.4 Å². The number of aromatic nitrogens is 1. The van der Waals surface area contributed by atoms with E-state index in [4.69, 9.17) is 0 Å². The molecule has 0 spiro atoms. The van der Waals surface area contributed by atoms with Crippen LogP contribution in [-0.4, -0.2) is 40.1 Å². The Morgan fingerprint density at radius 3 is 3.09 bits per heavy atom. The predicted octanol–water partition coefficient (Wildman–Crippen LogP) is 2.35. The molecule has 1 aliphatic heterocycles. The highest BCUT2D eigenvalue weighted by Gasteiger charge is 2.24. The second-order valence-electron chi connectivity index (χ2n) is 5.37. The quantitative estimate of drug-likeness (QED) is 0.908. The number of hydrogen-bond donors (Lipinski definition) is 2. The van der Waals surface area contributed by atoms with Gasteiger partial charge in [0.2, 0.25) is 0 Å². The second-order valence-corrected chi connectivity index (χ2v) is 6.35. The molecule has 1 saturated heterocycles. The first kappa shape index (κ1) is 15.0. The van der Waals surface area contributed by atoms with Crippen LogP contribution >= 0.6 is 11.3 Å². The van der Waals surface area contributed by atoms with Gasteiger partial charge in [0.05, 0.1) is 18.2 Å². The van der Waals surface area contributed by atoms with E-state index in [1.807, 2.05) is 29.6 Å². The summed E-state index contributed by atoms with van der Waals surface area (Å²) in [5.74, 6) is -0.0269. The standard InChI is InChI=1S/C16H19N3O2S/c20-12-4-3-8-19(11-12)16(21)13-5-1-2-6-14(13)18-10-15-17-7-9-22-15/h1-2,5-7,9,12,18,20H,3-4,8,10-11H2. The molecule has 6 heteroatoms. The first-order chi connectivity index (χ1) is 10.7. The van der Waals surface area contributed by atoms with E-state index in [9.17, 15) is 9.90 Å². The van der Waals surface area contributed by atoms with Crippen molar-refractivity contribution in [3.63, 3.8) is 0 Å². The Morgan fingerprint density at radius 1 is 1.45 bits per heavy atom. The number of aliphatic hydroxyl groups is 1. The van der Waals surface area contributed by atoms with Gasteiger partial charge >= 0.3 is 0 Å². The van der Waals surface area contributed by atoms with E-state index in [0.717, 1.165) is 23.5 Å². The lowest BCUT2D eigenvalue weighted by Gasteiger charge is -2.30. The van der Waals surface area contributed by atoms with E-state index in [0.29, 0.717) is 25.2 Å². The third-order valence-electron chi connectivity index (χ3n) is 3.75. The summed E-state index contributed by atoms with van der Waals surface area (Å²) in [6.45, 7) is 1.72. The number of rotatable bonds is 4. The number of benzene rings is 1. The molecule has 1 aromatic heterocycles. The maximum atomic E-state index is 12.7. The normalized spacial score (nSPS) is 18.2. The van der Waals surface area contributed by atoms with Gasteiger partial charge < -0.3 is 15.3 Å². The first-order valence-electron chi connectivity index (χ1n) is 7.42. The number of para-hydroxylation sites is 1. The van der Waals surface area contributed by atoms with Crippen LogP contribution in [0.1, 0.15) is 28.2 Å². The van der Waals surface area contributed by atoms with Crippen molar-refractivity contribution in [1.29, 1.82) is 0 Å². The van der Waals surface area contributed by atoms with Crippen molar-refractivity contribution in [1.82, 2.24) is 9.88 Å². The largest absolute Gasteiger partial charge is 0.391 e. The molecular formula is C16H19N3O2S. The van der Waals surface area contributed by atoms with Crippen LogP contribution in [0.25, 0.3) is 0 Å². The number of nitrogens with one attached hydrogen (secondary N) is 1. The van der Waals surface area contributed by atoms with Gasteiger partial charge in [-0.3, -0.25) is 4.79 Å². The molecule has 1 aromatic carbocycles. The smallest absolute Gasteiger partial charge is 0.256 e. The van der Waals surface area contributed by atoms with Crippen molar-refractivity contribution >= 4 is 22.9 Å². The van der Waals surface area contributed by atoms with Gasteiger partial charge in [-0.25, -0.2) is 4.98 Å². The predicted molar refractivity (Wildman–Crippen MR) is 87.0 cm³/mol. The van der Waals surface area contributed by atoms with Crippen molar-refractivity contribution in [3.05, 3.63) is 46.4 Å². The fourth-order valence-electron chi connectivity index (χ4n) is 2.64. The zero-order valence-corrected chi connectivity index (χ0v) is 13.1. The van der Waals surface area contributed by atoms with Crippen LogP contribution in [0, 0.1) is 0 Å². The third kappa shape index (κ3) is 3.45. The zero-order chi connectivity index (χ0) is 15.4. The Bertz CT molecular complexity index is 630. The van der Waals surface area contributed by atoms with Gasteiger partial charge in [0.25, 0.3) is 5.91 Å². The minimum Gasteiger partial charge on any atom is -0.391 e.